The van der Waals surface area contributed by atoms with E-state index in [1.54, 1.807) is 0 Å². The number of anilines is 2. The second-order valence-corrected chi connectivity index (χ2v) is 4.70. The van der Waals surface area contributed by atoms with E-state index in [-0.39, 0.29) is 0 Å². The van der Waals surface area contributed by atoms with Crippen molar-refractivity contribution in [2.45, 2.75) is 19.9 Å². The third-order valence-electron chi connectivity index (χ3n) is 3.27. The van der Waals surface area contributed by atoms with E-state index in [4.69, 9.17) is 10.2 Å². The highest BCUT2D eigenvalue weighted by Gasteiger charge is 2.05. The van der Waals surface area contributed by atoms with E-state index in [0.29, 0.717) is 6.54 Å². The van der Waals surface area contributed by atoms with E-state index in [0.717, 1.165) is 40.3 Å². The Morgan fingerprint density at radius 1 is 1.20 bits per heavy atom. The van der Waals surface area contributed by atoms with Gasteiger partial charge >= 0.3 is 0 Å². The normalized spacial score (nSPS) is 10.8. The molecule has 20 heavy (non-hydrogen) atoms. The molecule has 0 saturated heterocycles. The molecule has 1 aromatic heterocycles. The molecule has 102 valence electrons. The van der Waals surface area contributed by atoms with Crippen LogP contribution in [-0.4, -0.2) is 4.98 Å². The van der Waals surface area contributed by atoms with Crippen molar-refractivity contribution < 1.29 is 4.42 Å². The quantitative estimate of drug-likeness (QED) is 0.709. The van der Waals surface area contributed by atoms with Gasteiger partial charge in [-0.15, -0.1) is 0 Å². The van der Waals surface area contributed by atoms with Crippen LogP contribution in [0.15, 0.2) is 46.9 Å². The standard InChI is InChI=1S/C16H17N3O/c1-2-16-19-14-9-12(7-8-15(14)20-16)18-10-11-5-3-4-6-13(11)17/h3-9,18H,2,10,17H2,1H3. The average Bonchev–Trinajstić information content (AvgIpc) is 2.88. The van der Waals surface area contributed by atoms with E-state index < -0.39 is 0 Å². The van der Waals surface area contributed by atoms with Crippen molar-refractivity contribution in [3.8, 4) is 0 Å². The van der Waals surface area contributed by atoms with Crippen LogP contribution in [-0.2, 0) is 13.0 Å². The Hall–Kier alpha value is -2.49. The van der Waals surface area contributed by atoms with Gasteiger partial charge in [-0.1, -0.05) is 25.1 Å². The van der Waals surface area contributed by atoms with Crippen LogP contribution in [0.5, 0.6) is 0 Å². The van der Waals surface area contributed by atoms with Crippen molar-refractivity contribution >= 4 is 22.5 Å². The first-order chi connectivity index (χ1) is 9.76. The first kappa shape index (κ1) is 12.5. The third-order valence-corrected chi connectivity index (χ3v) is 3.27. The van der Waals surface area contributed by atoms with Crippen molar-refractivity contribution in [2.24, 2.45) is 0 Å². The zero-order valence-electron chi connectivity index (χ0n) is 11.4. The Balaban J connectivity index is 1.79. The molecule has 3 rings (SSSR count). The van der Waals surface area contributed by atoms with Crippen LogP contribution in [0.3, 0.4) is 0 Å². The molecular weight excluding hydrogens is 250 g/mol. The molecule has 4 heteroatoms. The average molecular weight is 267 g/mol. The van der Waals surface area contributed by atoms with Crippen LogP contribution in [0.1, 0.15) is 18.4 Å². The molecule has 0 bridgehead atoms. The smallest absolute Gasteiger partial charge is 0.195 e. The van der Waals surface area contributed by atoms with Gasteiger partial charge in [-0.3, -0.25) is 0 Å². The number of nitrogens with two attached hydrogens (primary N) is 1. The molecule has 0 aliphatic rings. The largest absolute Gasteiger partial charge is 0.441 e. The molecular formula is C16H17N3O. The number of aromatic nitrogens is 1. The first-order valence-corrected chi connectivity index (χ1v) is 6.73. The number of oxazole rings is 1. The molecule has 3 N–H and O–H groups in total. The minimum Gasteiger partial charge on any atom is -0.441 e. The summed E-state index contributed by atoms with van der Waals surface area (Å²) >= 11 is 0. The molecule has 0 unspecified atom stereocenters. The maximum absolute atomic E-state index is 5.93. The lowest BCUT2D eigenvalue weighted by Gasteiger charge is -2.08. The van der Waals surface area contributed by atoms with E-state index in [1.807, 2.05) is 49.4 Å². The number of nitrogen functional groups attached to an aromatic ring is 1. The summed E-state index contributed by atoms with van der Waals surface area (Å²) in [6.07, 6.45) is 0.804. The molecule has 2 aromatic carbocycles. The van der Waals surface area contributed by atoms with Crippen molar-refractivity contribution in [1.82, 2.24) is 4.98 Å². The highest BCUT2D eigenvalue weighted by atomic mass is 16.3. The topological polar surface area (TPSA) is 64.1 Å². The fraction of sp³-hybridized carbons (Fsp3) is 0.188. The molecule has 0 aliphatic carbocycles. The number of fused-ring (bicyclic) bond motifs is 1. The van der Waals surface area contributed by atoms with Crippen LogP contribution < -0.4 is 11.1 Å². The summed E-state index contributed by atoms with van der Waals surface area (Å²) in [7, 11) is 0. The fourth-order valence-electron chi connectivity index (χ4n) is 2.13. The summed E-state index contributed by atoms with van der Waals surface area (Å²) in [5.74, 6) is 0.768. The Morgan fingerprint density at radius 3 is 2.85 bits per heavy atom. The number of para-hydroxylation sites is 1. The van der Waals surface area contributed by atoms with E-state index in [9.17, 15) is 0 Å². The second kappa shape index (κ2) is 5.25. The molecule has 0 aliphatic heterocycles. The number of rotatable bonds is 4. The maximum Gasteiger partial charge on any atom is 0.195 e. The summed E-state index contributed by atoms with van der Waals surface area (Å²) in [5.41, 5.74) is 10.5. The Bertz CT molecular complexity index is 733. The number of benzene rings is 2. The second-order valence-electron chi connectivity index (χ2n) is 4.70. The lowest BCUT2D eigenvalue weighted by molar-refractivity contribution is 0.538. The van der Waals surface area contributed by atoms with E-state index in [1.165, 1.54) is 0 Å². The molecule has 1 heterocycles. The number of aryl methyl sites for hydroxylation is 1. The summed E-state index contributed by atoms with van der Waals surface area (Å²) < 4.78 is 5.60. The lowest BCUT2D eigenvalue weighted by atomic mass is 10.2. The summed E-state index contributed by atoms with van der Waals surface area (Å²) in [6.45, 7) is 2.72. The fourth-order valence-corrected chi connectivity index (χ4v) is 2.13. The zero-order chi connectivity index (χ0) is 13.9. The van der Waals surface area contributed by atoms with Crippen LogP contribution in [0, 0.1) is 0 Å². The monoisotopic (exact) mass is 267 g/mol. The molecule has 0 fully saturated rings. The van der Waals surface area contributed by atoms with Crippen LogP contribution in [0.4, 0.5) is 11.4 Å². The molecule has 4 nitrogen and oxygen atoms in total. The highest BCUT2D eigenvalue weighted by Crippen LogP contribution is 2.21. The van der Waals surface area contributed by atoms with Gasteiger partial charge in [-0.2, -0.15) is 0 Å². The molecule has 0 amide bonds. The van der Waals surface area contributed by atoms with Crippen molar-refractivity contribution in [3.63, 3.8) is 0 Å². The summed E-state index contributed by atoms with van der Waals surface area (Å²) in [4.78, 5) is 4.43. The summed E-state index contributed by atoms with van der Waals surface area (Å²) in [6, 6.07) is 13.8. The molecule has 0 saturated carbocycles. The molecule has 0 spiro atoms. The number of nitrogens with one attached hydrogen (secondary N) is 1. The minimum atomic E-state index is 0.691. The van der Waals surface area contributed by atoms with Gasteiger partial charge in [-0.05, 0) is 29.8 Å². The van der Waals surface area contributed by atoms with Gasteiger partial charge in [0.25, 0.3) is 0 Å². The first-order valence-electron chi connectivity index (χ1n) is 6.73. The summed E-state index contributed by atoms with van der Waals surface area (Å²) in [5, 5.41) is 3.36. The Labute approximate surface area is 117 Å². The van der Waals surface area contributed by atoms with Gasteiger partial charge in [-0.25, -0.2) is 4.98 Å². The SMILES string of the molecule is CCc1nc2cc(NCc3ccccc3N)ccc2o1. The maximum atomic E-state index is 5.93. The van der Waals surface area contributed by atoms with Gasteiger partial charge in [0.1, 0.15) is 5.52 Å². The van der Waals surface area contributed by atoms with E-state index in [2.05, 4.69) is 10.3 Å². The van der Waals surface area contributed by atoms with Gasteiger partial charge in [0.2, 0.25) is 0 Å². The predicted octanol–water partition coefficient (Wildman–Crippen LogP) is 3.58. The van der Waals surface area contributed by atoms with Gasteiger partial charge < -0.3 is 15.5 Å². The number of hydrogen-bond donors (Lipinski definition) is 2. The highest BCUT2D eigenvalue weighted by molar-refractivity contribution is 5.77. The van der Waals surface area contributed by atoms with Gasteiger partial charge in [0.15, 0.2) is 11.5 Å². The zero-order valence-corrected chi connectivity index (χ0v) is 11.4. The van der Waals surface area contributed by atoms with Crippen LogP contribution in [0.25, 0.3) is 11.1 Å². The predicted molar refractivity (Wildman–Crippen MR) is 81.6 cm³/mol. The van der Waals surface area contributed by atoms with Crippen LogP contribution >= 0.6 is 0 Å². The number of hydrogen-bond acceptors (Lipinski definition) is 4. The van der Waals surface area contributed by atoms with E-state index >= 15 is 0 Å². The lowest BCUT2D eigenvalue weighted by Crippen LogP contribution is -2.02. The minimum absolute atomic E-state index is 0.691. The Kier molecular flexibility index (Phi) is 3.29. The Morgan fingerprint density at radius 2 is 2.05 bits per heavy atom. The van der Waals surface area contributed by atoms with Crippen molar-refractivity contribution in [1.29, 1.82) is 0 Å². The molecule has 0 atom stereocenters. The van der Waals surface area contributed by atoms with Gasteiger partial charge in [0, 0.05) is 24.3 Å². The van der Waals surface area contributed by atoms with Crippen molar-refractivity contribution in [2.75, 3.05) is 11.1 Å². The third kappa shape index (κ3) is 2.45. The van der Waals surface area contributed by atoms with Gasteiger partial charge in [0.05, 0.1) is 0 Å². The number of nitrogens with zero attached hydrogens (tertiary/aromatic N) is 1. The van der Waals surface area contributed by atoms with Crippen LogP contribution in [0.2, 0.25) is 0 Å². The molecule has 3 aromatic rings. The van der Waals surface area contributed by atoms with Crippen molar-refractivity contribution in [3.05, 3.63) is 53.9 Å². The molecule has 0 radical (unpaired) electrons.